The van der Waals surface area contributed by atoms with Gasteiger partial charge in [-0.2, -0.15) is 5.10 Å². The van der Waals surface area contributed by atoms with Crippen LogP contribution in [0.4, 0.5) is 5.69 Å². The summed E-state index contributed by atoms with van der Waals surface area (Å²) in [6, 6.07) is 4.13. The number of carbonyl (C=O) groups is 3. The Kier molecular flexibility index (Phi) is 6.04. The lowest BCUT2D eigenvalue weighted by Gasteiger charge is -2.12. The van der Waals surface area contributed by atoms with Crippen LogP contribution in [-0.4, -0.2) is 39.8 Å². The quantitative estimate of drug-likeness (QED) is 0.674. The lowest BCUT2D eigenvalue weighted by molar-refractivity contribution is -0.118. The number of hydrogen-bond acceptors (Lipinski definition) is 6. The van der Waals surface area contributed by atoms with Crippen molar-refractivity contribution in [2.75, 3.05) is 11.9 Å². The molecule has 0 fully saturated rings. The predicted molar refractivity (Wildman–Crippen MR) is 113 cm³/mol. The molecule has 0 radical (unpaired) electrons. The first kappa shape index (κ1) is 21.7. The fourth-order valence-corrected chi connectivity index (χ4v) is 3.49. The smallest absolute Gasteiger partial charge is 0.291 e. The summed E-state index contributed by atoms with van der Waals surface area (Å²) in [5.74, 6) is -1.83. The van der Waals surface area contributed by atoms with Gasteiger partial charge in [0.1, 0.15) is 12.2 Å². The van der Waals surface area contributed by atoms with Crippen LogP contribution in [0.25, 0.3) is 0 Å². The van der Waals surface area contributed by atoms with Crippen molar-refractivity contribution >= 4 is 52.3 Å². The molecule has 2 heterocycles. The summed E-state index contributed by atoms with van der Waals surface area (Å²) >= 11 is 12.5. The monoisotopic (exact) mass is 449 g/mol. The first-order chi connectivity index (χ1) is 14.1. The van der Waals surface area contributed by atoms with Crippen molar-refractivity contribution in [2.24, 2.45) is 12.0 Å². The highest BCUT2D eigenvalue weighted by atomic mass is 35.5. The normalized spacial score (nSPS) is 13.3. The molecule has 0 unspecified atom stereocenters. The van der Waals surface area contributed by atoms with Gasteiger partial charge >= 0.3 is 0 Å². The van der Waals surface area contributed by atoms with Crippen molar-refractivity contribution in [3.8, 4) is 0 Å². The van der Waals surface area contributed by atoms with Crippen LogP contribution in [-0.2, 0) is 16.6 Å². The summed E-state index contributed by atoms with van der Waals surface area (Å²) in [5, 5.41) is 8.82. The van der Waals surface area contributed by atoms with Crippen LogP contribution in [0, 0.1) is 0 Å². The molecular formula is C19H17Cl2N5O4. The summed E-state index contributed by atoms with van der Waals surface area (Å²) in [7, 11) is 1.46. The Hall–Kier alpha value is -3.04. The SMILES string of the molecule is CC(C)c1cc(C(=O)c2c(Cl)cc(NC(=O)C3=NCC(=O)N3)cc2Cl)nn(C)c1=O. The molecule has 0 aliphatic carbocycles. The van der Waals surface area contributed by atoms with Crippen LogP contribution < -0.4 is 16.2 Å². The Balaban J connectivity index is 1.92. The Bertz CT molecular complexity index is 1150. The molecule has 1 aromatic carbocycles. The van der Waals surface area contributed by atoms with Crippen LogP contribution >= 0.6 is 23.2 Å². The largest absolute Gasteiger partial charge is 0.319 e. The van der Waals surface area contributed by atoms with Crippen LogP contribution in [0.5, 0.6) is 0 Å². The van der Waals surface area contributed by atoms with E-state index in [1.165, 1.54) is 25.2 Å². The van der Waals surface area contributed by atoms with Crippen LogP contribution in [0.1, 0.15) is 41.4 Å². The summed E-state index contributed by atoms with van der Waals surface area (Å²) in [6.45, 7) is 3.54. The topological polar surface area (TPSA) is 123 Å². The third-order valence-electron chi connectivity index (χ3n) is 4.33. The first-order valence-corrected chi connectivity index (χ1v) is 9.61. The van der Waals surface area contributed by atoms with E-state index in [0.717, 1.165) is 4.68 Å². The van der Waals surface area contributed by atoms with Gasteiger partial charge in [-0.05, 0) is 24.1 Å². The molecule has 2 N–H and O–H groups in total. The molecule has 1 aliphatic rings. The number of aliphatic imine (C=N–C) groups is 1. The number of hydrogen-bond donors (Lipinski definition) is 2. The molecule has 11 heteroatoms. The maximum Gasteiger partial charge on any atom is 0.291 e. The Morgan fingerprint density at radius 1 is 1.17 bits per heavy atom. The minimum atomic E-state index is -0.645. The van der Waals surface area contributed by atoms with Crippen molar-refractivity contribution < 1.29 is 14.4 Å². The minimum absolute atomic E-state index is 0.0105. The molecule has 2 amide bonds. The third-order valence-corrected chi connectivity index (χ3v) is 4.92. The van der Waals surface area contributed by atoms with Gasteiger partial charge in [0.25, 0.3) is 11.5 Å². The number of rotatable bonds is 5. The lowest BCUT2D eigenvalue weighted by atomic mass is 10.0. The number of carbonyl (C=O) groups excluding carboxylic acids is 3. The number of anilines is 1. The fraction of sp³-hybridized carbons (Fsp3) is 0.263. The minimum Gasteiger partial charge on any atom is -0.319 e. The number of aryl methyl sites for hydroxylation is 1. The standard InChI is InChI=1S/C19H17Cl2N5O4/c1-8(2)10-6-13(25-26(3)19(10)30)16(28)15-11(20)4-9(5-12(15)21)23-18(29)17-22-7-14(27)24-17/h4-6,8H,7H2,1-3H3,(H,23,29)(H,22,24,27). The molecule has 0 saturated heterocycles. The van der Waals surface area contributed by atoms with Crippen molar-refractivity contribution in [3.63, 3.8) is 0 Å². The zero-order valence-electron chi connectivity index (χ0n) is 16.2. The average molecular weight is 450 g/mol. The average Bonchev–Trinajstić information content (AvgIpc) is 3.09. The van der Waals surface area contributed by atoms with Gasteiger partial charge in [0.15, 0.2) is 5.84 Å². The lowest BCUT2D eigenvalue weighted by Crippen LogP contribution is -2.34. The maximum atomic E-state index is 13.0. The number of amidine groups is 1. The molecule has 1 aliphatic heterocycles. The number of amides is 2. The summed E-state index contributed by atoms with van der Waals surface area (Å²) in [6.07, 6.45) is 0. The molecule has 0 spiro atoms. The van der Waals surface area contributed by atoms with Gasteiger partial charge in [0.05, 0.1) is 15.6 Å². The Morgan fingerprint density at radius 3 is 2.33 bits per heavy atom. The number of nitrogens with one attached hydrogen (secondary N) is 2. The van der Waals surface area contributed by atoms with E-state index in [1.54, 1.807) is 0 Å². The number of halogens is 2. The van der Waals surface area contributed by atoms with E-state index in [-0.39, 0.29) is 56.8 Å². The predicted octanol–water partition coefficient (Wildman–Crippen LogP) is 1.91. The molecule has 1 aromatic heterocycles. The fourth-order valence-electron chi connectivity index (χ4n) is 2.83. The van der Waals surface area contributed by atoms with Crippen molar-refractivity contribution in [2.45, 2.75) is 19.8 Å². The van der Waals surface area contributed by atoms with Crippen molar-refractivity contribution in [1.29, 1.82) is 0 Å². The molecule has 30 heavy (non-hydrogen) atoms. The highest BCUT2D eigenvalue weighted by Gasteiger charge is 2.24. The van der Waals surface area contributed by atoms with E-state index >= 15 is 0 Å². The van der Waals surface area contributed by atoms with Crippen molar-refractivity contribution in [1.82, 2.24) is 15.1 Å². The second kappa shape index (κ2) is 8.37. The molecule has 2 aromatic rings. The van der Waals surface area contributed by atoms with Gasteiger partial charge in [-0.1, -0.05) is 37.0 Å². The van der Waals surface area contributed by atoms with Gasteiger partial charge in [-0.15, -0.1) is 0 Å². The molecule has 0 atom stereocenters. The van der Waals surface area contributed by atoms with Crippen LogP contribution in [0.3, 0.4) is 0 Å². The van der Waals surface area contributed by atoms with Crippen LogP contribution in [0.2, 0.25) is 10.0 Å². The number of nitrogens with zero attached hydrogens (tertiary/aromatic N) is 3. The highest BCUT2D eigenvalue weighted by molar-refractivity contribution is 6.46. The van der Waals surface area contributed by atoms with Gasteiger partial charge in [0, 0.05) is 18.3 Å². The van der Waals surface area contributed by atoms with E-state index in [1.807, 2.05) is 13.8 Å². The Morgan fingerprint density at radius 2 is 1.80 bits per heavy atom. The molecule has 0 bridgehead atoms. The Labute approximate surface area is 181 Å². The summed E-state index contributed by atoms with van der Waals surface area (Å²) < 4.78 is 1.09. The van der Waals surface area contributed by atoms with Gasteiger partial charge < -0.3 is 10.6 Å². The van der Waals surface area contributed by atoms with Gasteiger partial charge in [-0.25, -0.2) is 4.68 Å². The zero-order chi connectivity index (χ0) is 22.2. The van der Waals surface area contributed by atoms with Crippen molar-refractivity contribution in [3.05, 3.63) is 55.4 Å². The molecular weight excluding hydrogens is 433 g/mol. The number of benzene rings is 1. The van der Waals surface area contributed by atoms with E-state index in [2.05, 4.69) is 20.7 Å². The second-order valence-corrected chi connectivity index (χ2v) is 7.69. The van der Waals surface area contributed by atoms with Crippen LogP contribution in [0.15, 0.2) is 28.0 Å². The molecule has 3 rings (SSSR count). The third kappa shape index (κ3) is 4.27. The van der Waals surface area contributed by atoms with Gasteiger partial charge in [-0.3, -0.25) is 24.2 Å². The molecule has 156 valence electrons. The molecule has 9 nitrogen and oxygen atoms in total. The first-order valence-electron chi connectivity index (χ1n) is 8.86. The summed E-state index contributed by atoms with van der Waals surface area (Å²) in [5.41, 5.74) is 0.366. The van der Waals surface area contributed by atoms with Gasteiger partial charge in [0.2, 0.25) is 11.7 Å². The summed E-state index contributed by atoms with van der Waals surface area (Å²) in [4.78, 5) is 52.3. The van der Waals surface area contributed by atoms with E-state index in [0.29, 0.717) is 5.56 Å². The zero-order valence-corrected chi connectivity index (χ0v) is 17.8. The van der Waals surface area contributed by atoms with E-state index < -0.39 is 11.7 Å². The molecule has 0 saturated carbocycles. The van der Waals surface area contributed by atoms with E-state index in [4.69, 9.17) is 23.2 Å². The maximum absolute atomic E-state index is 13.0. The number of ketones is 1. The number of aromatic nitrogens is 2. The highest BCUT2D eigenvalue weighted by Crippen LogP contribution is 2.31. The van der Waals surface area contributed by atoms with E-state index in [9.17, 15) is 19.2 Å². The second-order valence-electron chi connectivity index (χ2n) is 6.88.